The number of hydrogen-bond acceptors (Lipinski definition) is 2. The van der Waals surface area contributed by atoms with Crippen molar-refractivity contribution in [1.82, 2.24) is 9.55 Å². The van der Waals surface area contributed by atoms with Gasteiger partial charge >= 0.3 is 0 Å². The lowest BCUT2D eigenvalue weighted by Crippen LogP contribution is -2.29. The van der Waals surface area contributed by atoms with E-state index in [9.17, 15) is 4.79 Å². The monoisotopic (exact) mass is 289 g/mol. The normalized spacial score (nSPS) is 13.2. The fourth-order valence-corrected chi connectivity index (χ4v) is 2.90. The van der Waals surface area contributed by atoms with E-state index in [4.69, 9.17) is 0 Å². The molecule has 1 aliphatic rings. The Labute approximate surface area is 128 Å². The molecule has 0 fully saturated rings. The summed E-state index contributed by atoms with van der Waals surface area (Å²) in [7, 11) is 0. The molecule has 1 aliphatic heterocycles. The van der Waals surface area contributed by atoms with Gasteiger partial charge in [-0.1, -0.05) is 6.07 Å². The van der Waals surface area contributed by atoms with Crippen molar-refractivity contribution in [2.75, 3.05) is 11.4 Å². The lowest BCUT2D eigenvalue weighted by atomic mass is 10.1. The molecule has 0 radical (unpaired) electrons. The first-order chi connectivity index (χ1) is 10.8. The van der Waals surface area contributed by atoms with Crippen LogP contribution in [-0.2, 0) is 6.42 Å². The Morgan fingerprint density at radius 1 is 1.09 bits per heavy atom. The molecular formula is C18H15N3O. The molecule has 1 aromatic carbocycles. The van der Waals surface area contributed by atoms with Gasteiger partial charge in [0.25, 0.3) is 5.91 Å². The maximum atomic E-state index is 12.8. The summed E-state index contributed by atoms with van der Waals surface area (Å²) in [5.74, 6) is 0.0285. The fourth-order valence-electron chi connectivity index (χ4n) is 2.90. The summed E-state index contributed by atoms with van der Waals surface area (Å²) in [6.45, 7) is 0.716. The number of fused-ring (bicyclic) bond motifs is 1. The molecule has 0 unspecified atom stereocenters. The SMILES string of the molecule is O=C(c1cccc(-n2cccc2)c1)N1CCc2ccncc21. The van der Waals surface area contributed by atoms with Crippen LogP contribution in [0.2, 0.25) is 0 Å². The summed E-state index contributed by atoms with van der Waals surface area (Å²) in [6, 6.07) is 13.6. The van der Waals surface area contributed by atoms with Crippen LogP contribution in [0.1, 0.15) is 15.9 Å². The number of anilines is 1. The van der Waals surface area contributed by atoms with Gasteiger partial charge in [-0.2, -0.15) is 0 Å². The molecule has 2 aromatic heterocycles. The molecule has 22 heavy (non-hydrogen) atoms. The van der Waals surface area contributed by atoms with Gasteiger partial charge in [-0.05, 0) is 48.4 Å². The van der Waals surface area contributed by atoms with Crippen LogP contribution in [0.4, 0.5) is 5.69 Å². The lowest BCUT2D eigenvalue weighted by Gasteiger charge is -2.17. The van der Waals surface area contributed by atoms with Gasteiger partial charge in [0.1, 0.15) is 0 Å². The zero-order valence-electron chi connectivity index (χ0n) is 12.0. The number of amides is 1. The van der Waals surface area contributed by atoms with Gasteiger partial charge in [-0.15, -0.1) is 0 Å². The molecular weight excluding hydrogens is 274 g/mol. The highest BCUT2D eigenvalue weighted by atomic mass is 16.2. The van der Waals surface area contributed by atoms with Crippen molar-refractivity contribution in [2.24, 2.45) is 0 Å². The Kier molecular flexibility index (Phi) is 3.00. The molecule has 4 rings (SSSR count). The van der Waals surface area contributed by atoms with Crippen molar-refractivity contribution >= 4 is 11.6 Å². The average molecular weight is 289 g/mol. The Bertz CT molecular complexity index is 824. The van der Waals surface area contributed by atoms with Crippen LogP contribution in [0.25, 0.3) is 5.69 Å². The van der Waals surface area contributed by atoms with Crippen LogP contribution in [0.15, 0.2) is 67.3 Å². The quantitative estimate of drug-likeness (QED) is 0.727. The fraction of sp³-hybridized carbons (Fsp3) is 0.111. The van der Waals surface area contributed by atoms with E-state index in [1.807, 2.05) is 64.3 Å². The molecule has 0 saturated carbocycles. The highest BCUT2D eigenvalue weighted by Crippen LogP contribution is 2.28. The van der Waals surface area contributed by atoms with E-state index < -0.39 is 0 Å². The Morgan fingerprint density at radius 3 is 2.82 bits per heavy atom. The molecule has 0 saturated heterocycles. The molecule has 1 amide bonds. The minimum Gasteiger partial charge on any atom is -0.324 e. The third kappa shape index (κ3) is 2.09. The first-order valence-electron chi connectivity index (χ1n) is 7.31. The van der Waals surface area contributed by atoms with Crippen LogP contribution in [0.5, 0.6) is 0 Å². The summed E-state index contributed by atoms with van der Waals surface area (Å²) in [5, 5.41) is 0. The second kappa shape index (κ2) is 5.15. The Balaban J connectivity index is 1.68. The van der Waals surface area contributed by atoms with Crippen molar-refractivity contribution < 1.29 is 4.79 Å². The van der Waals surface area contributed by atoms with Gasteiger partial charge in [-0.25, -0.2) is 0 Å². The summed E-state index contributed by atoms with van der Waals surface area (Å²) in [4.78, 5) is 18.8. The first-order valence-corrected chi connectivity index (χ1v) is 7.31. The van der Waals surface area contributed by atoms with Crippen LogP contribution in [0.3, 0.4) is 0 Å². The van der Waals surface area contributed by atoms with Gasteiger partial charge in [0.05, 0.1) is 11.9 Å². The molecule has 4 heteroatoms. The van der Waals surface area contributed by atoms with E-state index in [1.54, 1.807) is 12.4 Å². The number of benzene rings is 1. The molecule has 0 N–H and O–H groups in total. The van der Waals surface area contributed by atoms with Crippen molar-refractivity contribution in [3.8, 4) is 5.69 Å². The third-order valence-electron chi connectivity index (χ3n) is 4.02. The lowest BCUT2D eigenvalue weighted by molar-refractivity contribution is 0.0989. The molecule has 3 aromatic rings. The average Bonchev–Trinajstić information content (AvgIpc) is 3.24. The van der Waals surface area contributed by atoms with Crippen LogP contribution in [-0.4, -0.2) is 22.0 Å². The van der Waals surface area contributed by atoms with E-state index >= 15 is 0 Å². The largest absolute Gasteiger partial charge is 0.324 e. The smallest absolute Gasteiger partial charge is 0.258 e. The van der Waals surface area contributed by atoms with Gasteiger partial charge < -0.3 is 9.47 Å². The predicted molar refractivity (Wildman–Crippen MR) is 85.4 cm³/mol. The van der Waals surface area contributed by atoms with Crippen LogP contribution < -0.4 is 4.90 Å². The van der Waals surface area contributed by atoms with Gasteiger partial charge in [-0.3, -0.25) is 9.78 Å². The maximum Gasteiger partial charge on any atom is 0.258 e. The van der Waals surface area contributed by atoms with Crippen molar-refractivity contribution in [3.63, 3.8) is 0 Å². The first kappa shape index (κ1) is 12.8. The molecule has 0 atom stereocenters. The zero-order chi connectivity index (χ0) is 14.9. The number of nitrogens with zero attached hydrogens (tertiary/aromatic N) is 3. The van der Waals surface area contributed by atoms with E-state index in [1.165, 1.54) is 5.56 Å². The minimum atomic E-state index is 0.0285. The Morgan fingerprint density at radius 2 is 1.95 bits per heavy atom. The van der Waals surface area contributed by atoms with Crippen molar-refractivity contribution in [1.29, 1.82) is 0 Å². The van der Waals surface area contributed by atoms with Crippen molar-refractivity contribution in [3.05, 3.63) is 78.4 Å². The summed E-state index contributed by atoms with van der Waals surface area (Å²) < 4.78 is 2.00. The number of carbonyl (C=O) groups excluding carboxylic acids is 1. The Hall–Kier alpha value is -2.88. The van der Waals surface area contributed by atoms with Gasteiger partial charge in [0, 0.05) is 36.4 Å². The maximum absolute atomic E-state index is 12.8. The topological polar surface area (TPSA) is 38.1 Å². The molecule has 0 spiro atoms. The summed E-state index contributed by atoms with van der Waals surface area (Å²) in [5.41, 5.74) is 3.80. The van der Waals surface area contributed by atoms with E-state index in [0.717, 1.165) is 17.8 Å². The number of pyridine rings is 1. The molecule has 0 bridgehead atoms. The zero-order valence-corrected chi connectivity index (χ0v) is 12.0. The minimum absolute atomic E-state index is 0.0285. The van der Waals surface area contributed by atoms with Crippen molar-refractivity contribution in [2.45, 2.75) is 6.42 Å². The van der Waals surface area contributed by atoms with E-state index in [2.05, 4.69) is 4.98 Å². The highest BCUT2D eigenvalue weighted by Gasteiger charge is 2.25. The number of rotatable bonds is 2. The molecule has 0 aliphatic carbocycles. The van der Waals surface area contributed by atoms with E-state index in [-0.39, 0.29) is 5.91 Å². The van der Waals surface area contributed by atoms with Gasteiger partial charge in [0.2, 0.25) is 0 Å². The number of hydrogen-bond donors (Lipinski definition) is 0. The summed E-state index contributed by atoms with van der Waals surface area (Å²) >= 11 is 0. The second-order valence-corrected chi connectivity index (χ2v) is 5.35. The highest BCUT2D eigenvalue weighted by molar-refractivity contribution is 6.07. The standard InChI is InChI=1S/C18H15N3O/c22-18(21-11-7-14-6-8-19-13-17(14)21)15-4-3-5-16(12-15)20-9-1-2-10-20/h1-6,8-10,12-13H,7,11H2. The second-order valence-electron chi connectivity index (χ2n) is 5.35. The number of carbonyl (C=O) groups is 1. The van der Waals surface area contributed by atoms with Gasteiger partial charge in [0.15, 0.2) is 0 Å². The molecule has 108 valence electrons. The van der Waals surface area contributed by atoms with E-state index in [0.29, 0.717) is 12.1 Å². The third-order valence-corrected chi connectivity index (χ3v) is 4.02. The molecule has 4 nitrogen and oxygen atoms in total. The molecule has 3 heterocycles. The number of aromatic nitrogens is 2. The predicted octanol–water partition coefficient (Wildman–Crippen LogP) is 3.08. The van der Waals surface area contributed by atoms with Crippen LogP contribution in [0, 0.1) is 0 Å². The van der Waals surface area contributed by atoms with Crippen LogP contribution >= 0.6 is 0 Å². The summed E-state index contributed by atoms with van der Waals surface area (Å²) in [6.07, 6.45) is 8.38.